The average molecular weight is 263 g/mol. The zero-order valence-corrected chi connectivity index (χ0v) is 10.6. The summed E-state index contributed by atoms with van der Waals surface area (Å²) in [5.74, 6) is 2.24. The lowest BCUT2D eigenvalue weighted by Gasteiger charge is -2.23. The van der Waals surface area contributed by atoms with Gasteiger partial charge in [-0.15, -0.1) is 0 Å². The number of nitro groups is 1. The molecule has 6 heteroatoms. The van der Waals surface area contributed by atoms with Gasteiger partial charge in [0.2, 0.25) is 0 Å². The summed E-state index contributed by atoms with van der Waals surface area (Å²) in [6, 6.07) is 6.88. The first kappa shape index (κ1) is 12.7. The molecule has 0 spiro atoms. The van der Waals surface area contributed by atoms with Crippen molar-refractivity contribution in [3.05, 3.63) is 33.9 Å². The number of nitrogens with one attached hydrogen (secondary N) is 1. The summed E-state index contributed by atoms with van der Waals surface area (Å²) < 4.78 is 0. The largest absolute Gasteiger partial charge is 0.382 e. The Kier molecular flexibility index (Phi) is 4.05. The molecule has 94 valence electrons. The third kappa shape index (κ3) is 2.93. The van der Waals surface area contributed by atoms with Crippen molar-refractivity contribution in [2.24, 2.45) is 0 Å². The highest BCUT2D eigenvalue weighted by atomic mass is 32.2. The molecule has 1 N–H and O–H groups in total. The second kappa shape index (κ2) is 5.74. The van der Waals surface area contributed by atoms with Crippen molar-refractivity contribution in [1.82, 2.24) is 0 Å². The number of benzene rings is 1. The van der Waals surface area contributed by atoms with Crippen LogP contribution in [-0.4, -0.2) is 22.5 Å². The van der Waals surface area contributed by atoms with Gasteiger partial charge in [-0.3, -0.25) is 10.1 Å². The third-order valence-corrected chi connectivity index (χ3v) is 3.96. The van der Waals surface area contributed by atoms with E-state index in [9.17, 15) is 10.1 Å². The highest BCUT2D eigenvalue weighted by Crippen LogP contribution is 2.25. The quantitative estimate of drug-likeness (QED) is 0.670. The summed E-state index contributed by atoms with van der Waals surface area (Å²) in [4.78, 5) is 10.3. The molecule has 0 bridgehead atoms. The summed E-state index contributed by atoms with van der Waals surface area (Å²) in [7, 11) is 0. The topological polar surface area (TPSA) is 79.0 Å². The fourth-order valence-corrected chi connectivity index (χ4v) is 3.05. The normalized spacial score (nSPS) is 15.9. The van der Waals surface area contributed by atoms with Crippen molar-refractivity contribution in [2.45, 2.75) is 18.9 Å². The number of hydrogen-bond acceptors (Lipinski definition) is 5. The van der Waals surface area contributed by atoms with E-state index in [1.807, 2.05) is 17.8 Å². The fraction of sp³-hybridized carbons (Fsp3) is 0.417. The second-order valence-electron chi connectivity index (χ2n) is 4.13. The minimum absolute atomic E-state index is 0.102. The standard InChI is InChI=1S/C12H13N3O2S/c13-8-9-1-2-11(7-12(9)15(16)17)14-10-3-5-18-6-4-10/h1-2,7,10,14H,3-6H2. The summed E-state index contributed by atoms with van der Waals surface area (Å²) in [5.41, 5.74) is 0.690. The van der Waals surface area contributed by atoms with Crippen LogP contribution in [0.4, 0.5) is 11.4 Å². The van der Waals surface area contributed by atoms with E-state index in [1.165, 1.54) is 12.1 Å². The first-order chi connectivity index (χ1) is 8.70. The molecular weight excluding hydrogens is 250 g/mol. The van der Waals surface area contributed by atoms with Crippen LogP contribution in [0.2, 0.25) is 0 Å². The summed E-state index contributed by atoms with van der Waals surface area (Å²) in [6.45, 7) is 0. The van der Waals surface area contributed by atoms with Crippen molar-refractivity contribution in [2.75, 3.05) is 16.8 Å². The van der Waals surface area contributed by atoms with E-state index >= 15 is 0 Å². The average Bonchev–Trinajstić information content (AvgIpc) is 2.40. The molecule has 0 aliphatic carbocycles. The second-order valence-corrected chi connectivity index (χ2v) is 5.36. The molecule has 1 heterocycles. The van der Waals surface area contributed by atoms with Gasteiger partial charge in [-0.05, 0) is 36.5 Å². The Morgan fingerprint density at radius 2 is 2.17 bits per heavy atom. The molecule has 2 rings (SSSR count). The number of hydrogen-bond donors (Lipinski definition) is 1. The first-order valence-electron chi connectivity index (χ1n) is 5.73. The molecule has 1 aromatic rings. The maximum Gasteiger partial charge on any atom is 0.289 e. The number of rotatable bonds is 3. The zero-order chi connectivity index (χ0) is 13.0. The van der Waals surface area contributed by atoms with Gasteiger partial charge in [0.25, 0.3) is 5.69 Å². The van der Waals surface area contributed by atoms with Gasteiger partial charge in [0.15, 0.2) is 0 Å². The maximum atomic E-state index is 10.8. The van der Waals surface area contributed by atoms with E-state index in [4.69, 9.17) is 5.26 Å². The lowest BCUT2D eigenvalue weighted by molar-refractivity contribution is -0.385. The fourth-order valence-electron chi connectivity index (χ4n) is 1.94. The van der Waals surface area contributed by atoms with E-state index in [0.717, 1.165) is 30.0 Å². The van der Waals surface area contributed by atoms with Crippen LogP contribution in [-0.2, 0) is 0 Å². The molecule has 1 aliphatic rings. The minimum Gasteiger partial charge on any atom is -0.382 e. The third-order valence-electron chi connectivity index (χ3n) is 2.91. The molecule has 0 unspecified atom stereocenters. The smallest absolute Gasteiger partial charge is 0.289 e. The number of nitriles is 1. The van der Waals surface area contributed by atoms with Crippen LogP contribution < -0.4 is 5.32 Å². The SMILES string of the molecule is N#Cc1ccc(NC2CCSCC2)cc1[N+](=O)[O-]. The Morgan fingerprint density at radius 3 is 2.78 bits per heavy atom. The Bertz CT molecular complexity index is 493. The molecule has 0 saturated carbocycles. The molecule has 1 aliphatic heterocycles. The lowest BCUT2D eigenvalue weighted by Crippen LogP contribution is -2.24. The van der Waals surface area contributed by atoms with Gasteiger partial charge in [-0.1, -0.05) is 0 Å². The Hall–Kier alpha value is -1.74. The number of thioether (sulfide) groups is 1. The van der Waals surface area contributed by atoms with Crippen molar-refractivity contribution >= 4 is 23.1 Å². The molecule has 18 heavy (non-hydrogen) atoms. The molecule has 0 amide bonds. The van der Waals surface area contributed by atoms with E-state index in [-0.39, 0.29) is 11.3 Å². The van der Waals surface area contributed by atoms with E-state index < -0.39 is 4.92 Å². The van der Waals surface area contributed by atoms with Crippen LogP contribution in [0.25, 0.3) is 0 Å². The highest BCUT2D eigenvalue weighted by molar-refractivity contribution is 7.99. The van der Waals surface area contributed by atoms with Gasteiger partial charge in [-0.2, -0.15) is 17.0 Å². The Balaban J connectivity index is 2.16. The van der Waals surface area contributed by atoms with Crippen LogP contribution in [0.15, 0.2) is 18.2 Å². The zero-order valence-electron chi connectivity index (χ0n) is 9.76. The summed E-state index contributed by atoms with van der Waals surface area (Å²) in [5, 5.41) is 23.0. The van der Waals surface area contributed by atoms with E-state index in [0.29, 0.717) is 6.04 Å². The molecule has 1 fully saturated rings. The Morgan fingerprint density at radius 1 is 1.44 bits per heavy atom. The molecular formula is C12H13N3O2S. The lowest BCUT2D eigenvalue weighted by atomic mass is 10.1. The Labute approximate surface area is 109 Å². The monoisotopic (exact) mass is 263 g/mol. The predicted molar refractivity (Wildman–Crippen MR) is 71.8 cm³/mol. The van der Waals surface area contributed by atoms with Gasteiger partial charge in [0, 0.05) is 17.8 Å². The van der Waals surface area contributed by atoms with Gasteiger partial charge in [0.05, 0.1) is 4.92 Å². The van der Waals surface area contributed by atoms with E-state index in [1.54, 1.807) is 6.07 Å². The van der Waals surface area contributed by atoms with Gasteiger partial charge in [0.1, 0.15) is 11.6 Å². The van der Waals surface area contributed by atoms with E-state index in [2.05, 4.69) is 5.32 Å². The van der Waals surface area contributed by atoms with Crippen molar-refractivity contribution in [3.63, 3.8) is 0 Å². The van der Waals surface area contributed by atoms with Crippen LogP contribution in [0.5, 0.6) is 0 Å². The van der Waals surface area contributed by atoms with Gasteiger partial charge < -0.3 is 5.32 Å². The summed E-state index contributed by atoms with van der Waals surface area (Å²) >= 11 is 1.93. The van der Waals surface area contributed by atoms with Gasteiger partial charge in [-0.25, -0.2) is 0 Å². The highest BCUT2D eigenvalue weighted by Gasteiger charge is 2.17. The first-order valence-corrected chi connectivity index (χ1v) is 6.89. The van der Waals surface area contributed by atoms with Crippen LogP contribution in [0, 0.1) is 21.4 Å². The predicted octanol–water partition coefficient (Wildman–Crippen LogP) is 2.77. The molecule has 0 radical (unpaired) electrons. The minimum atomic E-state index is -0.513. The van der Waals surface area contributed by atoms with Crippen LogP contribution >= 0.6 is 11.8 Å². The van der Waals surface area contributed by atoms with Crippen molar-refractivity contribution < 1.29 is 4.92 Å². The molecule has 0 atom stereocenters. The van der Waals surface area contributed by atoms with Crippen LogP contribution in [0.3, 0.4) is 0 Å². The van der Waals surface area contributed by atoms with Crippen molar-refractivity contribution in [1.29, 1.82) is 5.26 Å². The number of nitrogens with zero attached hydrogens (tertiary/aromatic N) is 2. The number of anilines is 1. The summed E-state index contributed by atoms with van der Waals surface area (Å²) in [6.07, 6.45) is 2.14. The van der Waals surface area contributed by atoms with Crippen molar-refractivity contribution in [3.8, 4) is 6.07 Å². The van der Waals surface area contributed by atoms with Crippen LogP contribution in [0.1, 0.15) is 18.4 Å². The molecule has 1 aromatic carbocycles. The maximum absolute atomic E-state index is 10.8. The number of nitro benzene ring substituents is 1. The molecule has 0 aromatic heterocycles. The molecule has 5 nitrogen and oxygen atoms in total. The van der Waals surface area contributed by atoms with Gasteiger partial charge >= 0.3 is 0 Å². The molecule has 1 saturated heterocycles.